The predicted octanol–water partition coefficient (Wildman–Crippen LogP) is 3.49. The number of hydrogen-bond acceptors (Lipinski definition) is 2. The van der Waals surface area contributed by atoms with Gasteiger partial charge in [-0.2, -0.15) is 0 Å². The van der Waals surface area contributed by atoms with E-state index in [4.69, 9.17) is 11.6 Å². The first-order valence-electron chi connectivity index (χ1n) is 4.55. The summed E-state index contributed by atoms with van der Waals surface area (Å²) in [5, 5.41) is 0.655. The van der Waals surface area contributed by atoms with Gasteiger partial charge in [-0.15, -0.1) is 0 Å². The minimum atomic E-state index is 0.655. The lowest BCUT2D eigenvalue weighted by Crippen LogP contribution is -1.80. The van der Waals surface area contributed by atoms with E-state index in [0.717, 1.165) is 11.3 Å². The van der Waals surface area contributed by atoms with E-state index in [1.165, 1.54) is 0 Å². The fourth-order valence-corrected chi connectivity index (χ4v) is 1.33. The maximum absolute atomic E-state index is 5.96. The summed E-state index contributed by atoms with van der Waals surface area (Å²) in [5.41, 5.74) is 1.78. The molecule has 1 aromatic carbocycles. The van der Waals surface area contributed by atoms with Crippen molar-refractivity contribution in [2.75, 3.05) is 0 Å². The molecule has 2 rings (SSSR count). The summed E-state index contributed by atoms with van der Waals surface area (Å²) in [4.78, 5) is 8.22. The van der Waals surface area contributed by atoms with Crippen LogP contribution >= 0.6 is 11.6 Å². The molecule has 1 aromatic heterocycles. The number of hydrogen-bond donors (Lipinski definition) is 0. The fourth-order valence-electron chi connectivity index (χ4n) is 1.15. The zero-order valence-electron chi connectivity index (χ0n) is 7.97. The van der Waals surface area contributed by atoms with Gasteiger partial charge in [-0.1, -0.05) is 23.7 Å². The van der Waals surface area contributed by atoms with Crippen molar-refractivity contribution in [2.45, 2.75) is 0 Å². The lowest BCUT2D eigenvalue weighted by atomic mass is 10.3. The van der Waals surface area contributed by atoms with Crippen LogP contribution in [0.1, 0.15) is 5.56 Å². The number of benzene rings is 1. The first-order chi connectivity index (χ1) is 7.36. The molecule has 0 fully saturated rings. The zero-order valence-corrected chi connectivity index (χ0v) is 8.72. The van der Waals surface area contributed by atoms with E-state index < -0.39 is 0 Å². The van der Waals surface area contributed by atoms with E-state index in [0.29, 0.717) is 5.02 Å². The van der Waals surface area contributed by atoms with Gasteiger partial charge >= 0.3 is 0 Å². The van der Waals surface area contributed by atoms with Crippen LogP contribution in [-0.2, 0) is 0 Å². The van der Waals surface area contributed by atoms with Gasteiger partial charge in [0.1, 0.15) is 0 Å². The second-order valence-electron chi connectivity index (χ2n) is 2.99. The third kappa shape index (κ3) is 2.64. The Balaban J connectivity index is 2.23. The van der Waals surface area contributed by atoms with Gasteiger partial charge in [0.2, 0.25) is 0 Å². The smallest absolute Gasteiger partial charge is 0.0816 e. The van der Waals surface area contributed by atoms with E-state index in [-0.39, 0.29) is 0 Å². The third-order valence-electron chi connectivity index (χ3n) is 1.91. The van der Waals surface area contributed by atoms with Crippen LogP contribution in [0.2, 0.25) is 5.02 Å². The van der Waals surface area contributed by atoms with E-state index >= 15 is 0 Å². The van der Waals surface area contributed by atoms with E-state index in [1.54, 1.807) is 18.6 Å². The minimum Gasteiger partial charge on any atom is -0.265 e. The van der Waals surface area contributed by atoms with Gasteiger partial charge < -0.3 is 0 Å². The monoisotopic (exact) mass is 216 g/mol. The van der Waals surface area contributed by atoms with E-state index in [1.807, 2.05) is 36.4 Å². The number of halogens is 1. The molecule has 0 radical (unpaired) electrons. The summed E-state index contributed by atoms with van der Waals surface area (Å²) in [7, 11) is 0. The van der Waals surface area contributed by atoms with Gasteiger partial charge in [0.15, 0.2) is 0 Å². The Bertz CT molecular complexity index is 466. The largest absolute Gasteiger partial charge is 0.265 e. The van der Waals surface area contributed by atoms with Gasteiger partial charge in [-0.25, -0.2) is 0 Å². The highest BCUT2D eigenvalue weighted by Gasteiger charge is 1.94. The molecule has 2 nitrogen and oxygen atoms in total. The molecule has 2 aromatic rings. The number of aromatic nitrogens is 1. The molecule has 0 N–H and O–H groups in total. The van der Waals surface area contributed by atoms with E-state index in [2.05, 4.69) is 9.98 Å². The lowest BCUT2D eigenvalue weighted by molar-refractivity contribution is 1.32. The summed E-state index contributed by atoms with van der Waals surface area (Å²) >= 11 is 5.96. The van der Waals surface area contributed by atoms with Crippen molar-refractivity contribution in [1.29, 1.82) is 0 Å². The molecule has 0 atom stereocenters. The Kier molecular flexibility index (Phi) is 3.10. The van der Waals surface area contributed by atoms with Crippen molar-refractivity contribution >= 4 is 23.5 Å². The van der Waals surface area contributed by atoms with Crippen LogP contribution < -0.4 is 0 Å². The van der Waals surface area contributed by atoms with Gasteiger partial charge in [0.25, 0.3) is 0 Å². The van der Waals surface area contributed by atoms with Crippen LogP contribution in [0.4, 0.5) is 5.69 Å². The Morgan fingerprint density at radius 2 is 1.80 bits per heavy atom. The van der Waals surface area contributed by atoms with Gasteiger partial charge in [-0.3, -0.25) is 9.98 Å². The Morgan fingerprint density at radius 3 is 2.53 bits per heavy atom. The van der Waals surface area contributed by atoms with Crippen molar-refractivity contribution in [3.63, 3.8) is 0 Å². The lowest BCUT2D eigenvalue weighted by Gasteiger charge is -1.96. The molecule has 0 saturated carbocycles. The number of nitrogens with zero attached hydrogens (tertiary/aromatic N) is 2. The predicted molar refractivity (Wildman–Crippen MR) is 62.9 cm³/mol. The molecule has 0 saturated heterocycles. The minimum absolute atomic E-state index is 0.655. The van der Waals surface area contributed by atoms with E-state index in [9.17, 15) is 0 Å². The number of aliphatic imine (C=N–C) groups is 1. The molecule has 0 aliphatic rings. The molecule has 15 heavy (non-hydrogen) atoms. The molecule has 0 aliphatic heterocycles. The second kappa shape index (κ2) is 4.71. The molecular weight excluding hydrogens is 208 g/mol. The molecule has 74 valence electrons. The summed E-state index contributed by atoms with van der Waals surface area (Å²) < 4.78 is 0. The van der Waals surface area contributed by atoms with Gasteiger partial charge in [0, 0.05) is 18.6 Å². The number of rotatable bonds is 2. The maximum Gasteiger partial charge on any atom is 0.0816 e. The first kappa shape index (κ1) is 9.87. The molecule has 0 amide bonds. The normalized spacial score (nSPS) is 10.7. The van der Waals surface area contributed by atoms with Crippen molar-refractivity contribution in [3.8, 4) is 0 Å². The highest BCUT2D eigenvalue weighted by molar-refractivity contribution is 6.33. The third-order valence-corrected chi connectivity index (χ3v) is 2.23. The Labute approximate surface area is 93.3 Å². The summed E-state index contributed by atoms with van der Waals surface area (Å²) in [6, 6.07) is 11.3. The fraction of sp³-hybridized carbons (Fsp3) is 0. The molecule has 0 aliphatic carbocycles. The Morgan fingerprint density at radius 1 is 1.07 bits per heavy atom. The van der Waals surface area contributed by atoms with Crippen LogP contribution in [0.5, 0.6) is 0 Å². The van der Waals surface area contributed by atoms with Crippen LogP contribution in [-0.4, -0.2) is 11.2 Å². The van der Waals surface area contributed by atoms with Crippen LogP contribution in [0, 0.1) is 0 Å². The molecule has 0 spiro atoms. The zero-order chi connectivity index (χ0) is 10.5. The van der Waals surface area contributed by atoms with Crippen molar-refractivity contribution in [1.82, 2.24) is 4.98 Å². The van der Waals surface area contributed by atoms with Crippen LogP contribution in [0.15, 0.2) is 53.8 Å². The quantitative estimate of drug-likeness (QED) is 0.706. The van der Waals surface area contributed by atoms with Gasteiger partial charge in [0.05, 0.1) is 10.7 Å². The number of para-hydroxylation sites is 1. The molecule has 0 unspecified atom stereocenters. The van der Waals surface area contributed by atoms with Crippen molar-refractivity contribution in [3.05, 3.63) is 59.4 Å². The van der Waals surface area contributed by atoms with Gasteiger partial charge in [-0.05, 0) is 29.8 Å². The molecule has 0 bridgehead atoms. The SMILES string of the molecule is Clc1ccccc1N=Cc1ccncc1. The van der Waals surface area contributed by atoms with Crippen LogP contribution in [0.3, 0.4) is 0 Å². The van der Waals surface area contributed by atoms with Crippen LogP contribution in [0.25, 0.3) is 0 Å². The highest BCUT2D eigenvalue weighted by atomic mass is 35.5. The van der Waals surface area contributed by atoms with Crippen molar-refractivity contribution in [2.24, 2.45) is 4.99 Å². The maximum atomic E-state index is 5.96. The molecule has 1 heterocycles. The first-order valence-corrected chi connectivity index (χ1v) is 4.93. The molecule has 3 heteroatoms. The summed E-state index contributed by atoms with van der Waals surface area (Å²) in [6.07, 6.45) is 5.23. The topological polar surface area (TPSA) is 25.2 Å². The average molecular weight is 217 g/mol. The number of pyridine rings is 1. The second-order valence-corrected chi connectivity index (χ2v) is 3.40. The Hall–Kier alpha value is -1.67. The highest BCUT2D eigenvalue weighted by Crippen LogP contribution is 2.23. The standard InChI is InChI=1S/C12H9ClN2/c13-11-3-1-2-4-12(11)15-9-10-5-7-14-8-6-10/h1-9H. The van der Waals surface area contributed by atoms with Crippen molar-refractivity contribution < 1.29 is 0 Å². The summed E-state index contributed by atoms with van der Waals surface area (Å²) in [6.45, 7) is 0. The molecular formula is C12H9ClN2. The summed E-state index contributed by atoms with van der Waals surface area (Å²) in [5.74, 6) is 0. The average Bonchev–Trinajstić information content (AvgIpc) is 2.29.